The first kappa shape index (κ1) is 65.8. The molecule has 0 aliphatic rings. The quantitative estimate of drug-likeness (QED) is 0.120. The summed E-state index contributed by atoms with van der Waals surface area (Å²) in [5, 5.41) is 7.25. The van der Waals surface area contributed by atoms with Gasteiger partial charge in [-0.1, -0.05) is 328 Å². The molecule has 0 amide bonds. The van der Waals surface area contributed by atoms with Gasteiger partial charge in [0.15, 0.2) is 23.3 Å². The molecule has 9 nitrogen and oxygen atoms in total. The van der Waals surface area contributed by atoms with Crippen molar-refractivity contribution in [3.8, 4) is 124 Å². The molecular formula is C101H63N9S2. The second kappa shape index (κ2) is 27.9. The zero-order chi connectivity index (χ0) is 74.0. The predicted molar refractivity (Wildman–Crippen MR) is 466 cm³/mol. The Labute approximate surface area is 652 Å². The molecule has 0 unspecified atom stereocenters. The number of aromatic nitrogens is 9. The van der Waals surface area contributed by atoms with Gasteiger partial charge in [0.25, 0.3) is 0 Å². The zero-order valence-corrected chi connectivity index (χ0v) is 61.8. The van der Waals surface area contributed by atoms with Crippen LogP contribution in [0.2, 0.25) is 0 Å². The van der Waals surface area contributed by atoms with Crippen LogP contribution in [0.15, 0.2) is 382 Å². The van der Waals surface area contributed by atoms with Gasteiger partial charge in [0.2, 0.25) is 0 Å². The van der Waals surface area contributed by atoms with E-state index in [1.165, 1.54) is 73.2 Å². The molecule has 0 aliphatic heterocycles. The van der Waals surface area contributed by atoms with Crippen molar-refractivity contribution >= 4 is 107 Å². The van der Waals surface area contributed by atoms with Gasteiger partial charge in [0.1, 0.15) is 0 Å². The van der Waals surface area contributed by atoms with Crippen molar-refractivity contribution in [2.75, 3.05) is 0 Å². The number of pyridine rings is 2. The minimum atomic E-state index is 0.640. The fourth-order valence-corrected chi connectivity index (χ4v) is 18.4. The van der Waals surface area contributed by atoms with Crippen LogP contribution in [-0.4, -0.2) is 44.0 Å². The lowest BCUT2D eigenvalue weighted by atomic mass is 9.99. The van der Waals surface area contributed by atoms with Crippen molar-refractivity contribution in [3.05, 3.63) is 382 Å². The maximum absolute atomic E-state index is 5.39. The van der Waals surface area contributed by atoms with Gasteiger partial charge in [-0.05, 0) is 76.9 Å². The van der Waals surface area contributed by atoms with Crippen molar-refractivity contribution in [3.63, 3.8) is 0 Å². The van der Waals surface area contributed by atoms with E-state index in [1.54, 1.807) is 0 Å². The molecule has 14 aromatic carbocycles. The van der Waals surface area contributed by atoms with Crippen LogP contribution in [0.5, 0.6) is 0 Å². The van der Waals surface area contributed by atoms with Gasteiger partial charge < -0.3 is 9.13 Å². The number of hydrogen-bond acceptors (Lipinski definition) is 9. The number of nitrogens with zero attached hydrogens (tertiary/aromatic N) is 9. The standard InChI is InChI=1S/C51H32N4S.C50H31N5S/c1-4-14-35(15-5-1)43-32-44(54-51(53-43)38-16-6-2-7-17-38)36-28-24-33(25-29-36)34-26-30-37(31-27-34)47-46-48-50(56-49(46)40-20-10-12-22-42(40)52-47)41-21-11-13-23-45(41)55(48)39-18-8-3-9-19-39;1-4-14-35(15-5-1)48-52-49(36-16-6-2-7-17-36)54-50(53-48)37-30-26-33(27-31-37)32-24-28-34(29-25-32)44-43-45-47(56-46(43)39-20-10-12-22-41(39)51-44)40-21-11-13-23-42(40)55(45)38-18-8-3-9-19-38/h1-32H;1-31H. The number of hydrogen-bond donors (Lipinski definition) is 0. The lowest BCUT2D eigenvalue weighted by Gasteiger charge is -2.12. The van der Waals surface area contributed by atoms with Crippen LogP contribution >= 0.6 is 22.7 Å². The first-order chi connectivity index (χ1) is 55.5. The molecule has 8 aromatic heterocycles. The van der Waals surface area contributed by atoms with E-state index in [4.69, 9.17) is 34.9 Å². The first-order valence-electron chi connectivity index (χ1n) is 37.4. The van der Waals surface area contributed by atoms with E-state index in [1.807, 2.05) is 120 Å². The van der Waals surface area contributed by atoms with Gasteiger partial charge in [-0.25, -0.2) is 34.9 Å². The van der Waals surface area contributed by atoms with E-state index in [0.717, 1.165) is 112 Å². The maximum atomic E-state index is 5.39. The Morgan fingerprint density at radius 1 is 0.196 bits per heavy atom. The highest BCUT2D eigenvalue weighted by Crippen LogP contribution is 2.50. The van der Waals surface area contributed by atoms with E-state index in [2.05, 4.69) is 294 Å². The SMILES string of the molecule is c1ccc(-c2cc(-c3ccc(-c4ccc(-c5nc6ccccc6c6sc7c8ccccc8n(-c8ccccc8)c7c56)cc4)cc3)nc(-c3ccccc3)n2)cc1.c1ccc(-c2nc(-c3ccccc3)nc(-c3ccc(-c4ccc(-c5nc6ccccc6c6sc7c8ccccc8n(-c8ccccc8)c7c56)cc4)cc3)n2)cc1. The second-order valence-electron chi connectivity index (χ2n) is 27.8. The maximum Gasteiger partial charge on any atom is 0.164 e. The van der Waals surface area contributed by atoms with Gasteiger partial charge in [0, 0.05) is 97.6 Å². The summed E-state index contributed by atoms with van der Waals surface area (Å²) in [6.45, 7) is 0. The van der Waals surface area contributed by atoms with Gasteiger partial charge in [-0.3, -0.25) is 0 Å². The van der Waals surface area contributed by atoms with Crippen molar-refractivity contribution in [2.24, 2.45) is 0 Å². The molecule has 8 heterocycles. The smallest absolute Gasteiger partial charge is 0.164 e. The third-order valence-corrected chi connectivity index (χ3v) is 23.6. The van der Waals surface area contributed by atoms with Gasteiger partial charge in [-0.15, -0.1) is 22.7 Å². The molecule has 0 spiro atoms. The minimum absolute atomic E-state index is 0.640. The normalized spacial score (nSPS) is 11.6. The largest absolute Gasteiger partial charge is 0.308 e. The Kier molecular flexibility index (Phi) is 16.4. The van der Waals surface area contributed by atoms with Crippen LogP contribution in [0.25, 0.3) is 208 Å². The van der Waals surface area contributed by atoms with E-state index in [0.29, 0.717) is 23.3 Å². The molecule has 22 aromatic rings. The van der Waals surface area contributed by atoms with Crippen LogP contribution in [0.3, 0.4) is 0 Å². The summed E-state index contributed by atoms with van der Waals surface area (Å²) < 4.78 is 9.92. The van der Waals surface area contributed by atoms with Gasteiger partial charge >= 0.3 is 0 Å². The summed E-state index contributed by atoms with van der Waals surface area (Å²) in [6, 6.07) is 133. The molecular weight excluding hydrogens is 1400 g/mol. The molecule has 0 N–H and O–H groups in total. The van der Waals surface area contributed by atoms with Crippen molar-refractivity contribution < 1.29 is 0 Å². The fraction of sp³-hybridized carbons (Fsp3) is 0. The Hall–Kier alpha value is -14.5. The zero-order valence-electron chi connectivity index (χ0n) is 60.2. The highest BCUT2D eigenvalue weighted by atomic mass is 32.1. The van der Waals surface area contributed by atoms with E-state index in [9.17, 15) is 0 Å². The molecule has 22 rings (SSSR count). The number of thiophene rings is 2. The Morgan fingerprint density at radius 3 is 0.839 bits per heavy atom. The van der Waals surface area contributed by atoms with Crippen LogP contribution < -0.4 is 0 Å². The molecule has 11 heteroatoms. The minimum Gasteiger partial charge on any atom is -0.308 e. The summed E-state index contributed by atoms with van der Waals surface area (Å²) in [5.41, 5.74) is 25.5. The summed E-state index contributed by atoms with van der Waals surface area (Å²) in [6.07, 6.45) is 0. The highest BCUT2D eigenvalue weighted by Gasteiger charge is 2.26. The average Bonchev–Trinajstić information content (AvgIpc) is 1.55. The Bertz CT molecular complexity index is 6740. The predicted octanol–water partition coefficient (Wildman–Crippen LogP) is 26.7. The molecule has 524 valence electrons. The molecule has 112 heavy (non-hydrogen) atoms. The summed E-state index contributed by atoms with van der Waals surface area (Å²) >= 11 is 3.74. The van der Waals surface area contributed by atoms with E-state index < -0.39 is 0 Å². The van der Waals surface area contributed by atoms with Crippen LogP contribution in [0, 0.1) is 0 Å². The molecule has 0 saturated heterocycles. The fourth-order valence-electron chi connectivity index (χ4n) is 15.7. The summed E-state index contributed by atoms with van der Waals surface area (Å²) in [4.78, 5) is 35.4. The van der Waals surface area contributed by atoms with E-state index >= 15 is 0 Å². The first-order valence-corrected chi connectivity index (χ1v) is 39.1. The van der Waals surface area contributed by atoms with E-state index in [-0.39, 0.29) is 0 Å². The Morgan fingerprint density at radius 2 is 0.464 bits per heavy atom. The number of rotatable bonds is 12. The van der Waals surface area contributed by atoms with Gasteiger partial charge in [-0.2, -0.15) is 0 Å². The molecule has 0 aliphatic carbocycles. The van der Waals surface area contributed by atoms with Crippen molar-refractivity contribution in [1.29, 1.82) is 0 Å². The second-order valence-corrected chi connectivity index (χ2v) is 29.9. The lowest BCUT2D eigenvalue weighted by molar-refractivity contribution is 1.07. The van der Waals surface area contributed by atoms with Crippen LogP contribution in [0.4, 0.5) is 0 Å². The number of para-hydroxylation sites is 6. The van der Waals surface area contributed by atoms with Crippen molar-refractivity contribution in [1.82, 2.24) is 44.0 Å². The number of fused-ring (bicyclic) bond motifs is 14. The molecule has 0 bridgehead atoms. The third kappa shape index (κ3) is 11.7. The van der Waals surface area contributed by atoms with Crippen LogP contribution in [-0.2, 0) is 0 Å². The summed E-state index contributed by atoms with van der Waals surface area (Å²) in [5.74, 6) is 2.65. The van der Waals surface area contributed by atoms with Crippen LogP contribution in [0.1, 0.15) is 0 Å². The molecule has 0 atom stereocenters. The monoisotopic (exact) mass is 1470 g/mol. The lowest BCUT2D eigenvalue weighted by Crippen LogP contribution is -2.00. The average molecular weight is 1470 g/mol. The summed E-state index contributed by atoms with van der Waals surface area (Å²) in [7, 11) is 0. The molecule has 0 fully saturated rings. The number of benzene rings is 14. The Balaban J connectivity index is 0.000000141. The molecule has 0 radical (unpaired) electrons. The topological polar surface area (TPSA) is 100 Å². The van der Waals surface area contributed by atoms with Crippen molar-refractivity contribution in [2.45, 2.75) is 0 Å². The molecule has 0 saturated carbocycles. The van der Waals surface area contributed by atoms with Gasteiger partial charge in [0.05, 0.1) is 65.3 Å². The third-order valence-electron chi connectivity index (χ3n) is 21.1. The highest BCUT2D eigenvalue weighted by molar-refractivity contribution is 7.28.